The predicted molar refractivity (Wildman–Crippen MR) is 215 cm³/mol. The zero-order valence-corrected chi connectivity index (χ0v) is 36.5. The molecule has 5 heterocycles. The summed E-state index contributed by atoms with van der Waals surface area (Å²) in [5.41, 5.74) is 1.19. The average molecular weight is 868 g/mol. The Balaban J connectivity index is 0.942. The Bertz CT molecular complexity index is 1610. The monoisotopic (exact) mass is 867 g/mol. The second-order valence-electron chi connectivity index (χ2n) is 21.4. The molecule has 0 aromatic carbocycles. The van der Waals surface area contributed by atoms with Crippen molar-refractivity contribution in [3.63, 3.8) is 0 Å². The fraction of sp³-hybridized carbons (Fsp3) is 0.956. The Morgan fingerprint density at radius 3 is 1.95 bits per heavy atom. The molecule has 16 heteroatoms. The van der Waals surface area contributed by atoms with Gasteiger partial charge in [-0.3, -0.25) is 4.90 Å². The maximum absolute atomic E-state index is 12.2. The Morgan fingerprint density at radius 2 is 1.31 bits per heavy atom. The molecule has 27 atom stereocenters. The van der Waals surface area contributed by atoms with E-state index in [9.17, 15) is 46.0 Å². The van der Waals surface area contributed by atoms with Gasteiger partial charge in [0, 0.05) is 18.6 Å². The number of piperidine rings is 1. The molecular weight excluding hydrogens is 794 g/mol. The number of hydrogen-bond acceptors (Lipinski definition) is 16. The second-order valence-corrected chi connectivity index (χ2v) is 21.4. The number of ether oxygens (including phenoxy) is 6. The van der Waals surface area contributed by atoms with Gasteiger partial charge in [-0.15, -0.1) is 0 Å². The van der Waals surface area contributed by atoms with Crippen molar-refractivity contribution in [3.8, 4) is 0 Å². The van der Waals surface area contributed by atoms with Crippen LogP contribution in [0.4, 0.5) is 0 Å². The van der Waals surface area contributed by atoms with Crippen LogP contribution in [0.1, 0.15) is 92.9 Å². The fourth-order valence-electron chi connectivity index (χ4n) is 14.7. The number of fused-ring (bicyclic) bond motifs is 9. The summed E-state index contributed by atoms with van der Waals surface area (Å²) in [6.07, 6.45) is -12.7. The molecule has 61 heavy (non-hydrogen) atoms. The van der Waals surface area contributed by atoms with Crippen LogP contribution in [0.2, 0.25) is 0 Å². The lowest BCUT2D eigenvalue weighted by Crippen LogP contribution is -2.66. The molecule has 27 unspecified atom stereocenters. The zero-order chi connectivity index (χ0) is 43.6. The van der Waals surface area contributed by atoms with E-state index in [0.717, 1.165) is 37.2 Å². The molecule has 9 rings (SSSR count). The Kier molecular flexibility index (Phi) is 12.4. The van der Waals surface area contributed by atoms with Gasteiger partial charge in [0.1, 0.15) is 61.0 Å². The van der Waals surface area contributed by atoms with Gasteiger partial charge in [0.2, 0.25) is 0 Å². The minimum atomic E-state index is -1.72. The highest BCUT2D eigenvalue weighted by Gasteiger charge is 2.68. The molecule has 0 aromatic heterocycles. The van der Waals surface area contributed by atoms with E-state index in [1.54, 1.807) is 0 Å². The first-order valence-corrected chi connectivity index (χ1v) is 23.3. The van der Waals surface area contributed by atoms with E-state index >= 15 is 0 Å². The largest absolute Gasteiger partial charge is 0.394 e. The third-order valence-electron chi connectivity index (χ3n) is 18.0. The van der Waals surface area contributed by atoms with Crippen molar-refractivity contribution >= 4 is 0 Å². The molecule has 0 spiro atoms. The topological polar surface area (TPSA) is 241 Å². The molecule has 0 radical (unpaired) electrons. The van der Waals surface area contributed by atoms with Crippen molar-refractivity contribution in [3.05, 3.63) is 11.6 Å². The lowest BCUT2D eigenvalue weighted by molar-refractivity contribution is -0.388. The number of aliphatic hydroxyl groups is 9. The van der Waals surface area contributed by atoms with Gasteiger partial charge in [0.05, 0.1) is 31.0 Å². The summed E-state index contributed by atoms with van der Waals surface area (Å²) in [4.78, 5) is 2.87. The third kappa shape index (κ3) is 7.33. The summed E-state index contributed by atoms with van der Waals surface area (Å²) < 4.78 is 36.5. The maximum Gasteiger partial charge on any atom is 0.187 e. The Morgan fingerprint density at radius 1 is 0.672 bits per heavy atom. The molecule has 3 saturated carbocycles. The van der Waals surface area contributed by atoms with Gasteiger partial charge in [-0.05, 0) is 112 Å². The highest BCUT2D eigenvalue weighted by atomic mass is 16.8. The average Bonchev–Trinajstić information content (AvgIpc) is 3.69. The summed E-state index contributed by atoms with van der Waals surface area (Å²) in [7, 11) is 0. The number of aliphatic hydroxyl groups excluding tert-OH is 9. The normalized spacial score (nSPS) is 58.5. The summed E-state index contributed by atoms with van der Waals surface area (Å²) in [6, 6.07) is 1.26. The van der Waals surface area contributed by atoms with Crippen LogP contribution in [0.3, 0.4) is 0 Å². The van der Waals surface area contributed by atoms with E-state index < -0.39 is 111 Å². The third-order valence-corrected chi connectivity index (χ3v) is 18.0. The van der Waals surface area contributed by atoms with Crippen molar-refractivity contribution in [1.29, 1.82) is 0 Å². The summed E-state index contributed by atoms with van der Waals surface area (Å²) in [6.45, 7) is 13.3. The Hall–Kier alpha value is -0.900. The van der Waals surface area contributed by atoms with Gasteiger partial charge in [0.15, 0.2) is 18.9 Å². The van der Waals surface area contributed by atoms with Crippen LogP contribution in [0.25, 0.3) is 0 Å². The minimum Gasteiger partial charge on any atom is -0.394 e. The standard InChI is InChI=1S/C45H73NO15/c1-18-7-8-26-19(2)31-27(46(26)16-18)15-25-30-24(10-12-45(25,31)6)44(5)11-9-23(13-22(44)14-28(30)48)58-43-40(61-42-37(54)35(52)33(50)21(4)57-42)38(55)39(29(17-47)59-43)60-41-36(53)34(51)32(49)20(3)56-41/h14,18-21,23-43,47-55H,7-13,15-17H2,1-6H3. The highest BCUT2D eigenvalue weighted by molar-refractivity contribution is 5.29. The lowest BCUT2D eigenvalue weighted by atomic mass is 9.46. The van der Waals surface area contributed by atoms with Crippen LogP contribution in [-0.2, 0) is 28.4 Å². The van der Waals surface area contributed by atoms with Gasteiger partial charge in [-0.2, -0.15) is 0 Å². The molecule has 348 valence electrons. The van der Waals surface area contributed by atoms with Crippen molar-refractivity contribution in [2.45, 2.75) is 209 Å². The summed E-state index contributed by atoms with van der Waals surface area (Å²) in [5, 5.41) is 98.1. The second kappa shape index (κ2) is 16.8. The molecule has 9 aliphatic rings. The van der Waals surface area contributed by atoms with Crippen molar-refractivity contribution in [2.24, 2.45) is 46.3 Å². The molecule has 0 aromatic rings. The Labute approximate surface area is 359 Å². The first kappa shape index (κ1) is 45.3. The van der Waals surface area contributed by atoms with Crippen LogP contribution < -0.4 is 0 Å². The van der Waals surface area contributed by atoms with E-state index in [1.165, 1.54) is 33.2 Å². The smallest absolute Gasteiger partial charge is 0.187 e. The SMILES string of the molecule is CC1CCC2C(C)C3C(CC4C5C(O)C=C6CC(OC7OC(CO)C(OC8OC(C)C(O)C(O)C8O)C(O)C7OC7OC(C)C(O)C(O)C7O)CCC6(C)C5CCC43C)N2C1. The van der Waals surface area contributed by atoms with Crippen molar-refractivity contribution < 1.29 is 74.4 Å². The molecule has 16 nitrogen and oxygen atoms in total. The highest BCUT2D eigenvalue weighted by Crippen LogP contribution is 2.70. The van der Waals surface area contributed by atoms with Gasteiger partial charge in [-0.1, -0.05) is 39.3 Å². The molecular formula is C45H73NO15. The molecule has 4 aliphatic carbocycles. The van der Waals surface area contributed by atoms with Gasteiger partial charge < -0.3 is 74.4 Å². The van der Waals surface area contributed by atoms with Crippen LogP contribution in [-0.4, -0.2) is 180 Å². The van der Waals surface area contributed by atoms with Gasteiger partial charge in [0.25, 0.3) is 0 Å². The molecule has 5 saturated heterocycles. The molecule has 0 amide bonds. The van der Waals surface area contributed by atoms with Crippen molar-refractivity contribution in [1.82, 2.24) is 4.90 Å². The predicted octanol–water partition coefficient (Wildman–Crippen LogP) is 0.154. The first-order valence-electron chi connectivity index (χ1n) is 23.3. The van der Waals surface area contributed by atoms with E-state index in [4.69, 9.17) is 28.4 Å². The maximum atomic E-state index is 12.2. The molecule has 5 aliphatic heterocycles. The van der Waals surface area contributed by atoms with E-state index in [1.807, 2.05) is 0 Å². The number of hydrogen-bond donors (Lipinski definition) is 9. The lowest BCUT2D eigenvalue weighted by Gasteiger charge is -2.59. The first-order chi connectivity index (χ1) is 28.9. The van der Waals surface area contributed by atoms with E-state index in [2.05, 4.69) is 38.7 Å². The molecule has 9 N–H and O–H groups in total. The molecule has 8 fully saturated rings. The summed E-state index contributed by atoms with van der Waals surface area (Å²) >= 11 is 0. The molecule has 0 bridgehead atoms. The van der Waals surface area contributed by atoms with E-state index in [-0.39, 0.29) is 16.7 Å². The van der Waals surface area contributed by atoms with Crippen LogP contribution in [0, 0.1) is 46.3 Å². The van der Waals surface area contributed by atoms with Crippen LogP contribution in [0.15, 0.2) is 11.6 Å². The van der Waals surface area contributed by atoms with Crippen molar-refractivity contribution in [2.75, 3.05) is 13.2 Å². The van der Waals surface area contributed by atoms with Crippen LogP contribution in [0.5, 0.6) is 0 Å². The minimum absolute atomic E-state index is 0.144. The van der Waals surface area contributed by atoms with Gasteiger partial charge in [-0.25, -0.2) is 0 Å². The quantitative estimate of drug-likeness (QED) is 0.155. The fourth-order valence-corrected chi connectivity index (χ4v) is 14.7. The number of rotatable bonds is 7. The number of nitrogens with zero attached hydrogens (tertiary/aromatic N) is 1. The zero-order valence-electron chi connectivity index (χ0n) is 36.5. The van der Waals surface area contributed by atoms with Gasteiger partial charge >= 0.3 is 0 Å². The summed E-state index contributed by atoms with van der Waals surface area (Å²) in [5.74, 6) is 2.97. The van der Waals surface area contributed by atoms with E-state index in [0.29, 0.717) is 48.6 Å². The van der Waals surface area contributed by atoms with Crippen LogP contribution >= 0.6 is 0 Å².